The summed E-state index contributed by atoms with van der Waals surface area (Å²) in [6.07, 6.45) is 11.0. The lowest BCUT2D eigenvalue weighted by Gasteiger charge is -2.38. The molecule has 6 heteroatoms. The molecule has 6 nitrogen and oxygen atoms in total. The van der Waals surface area contributed by atoms with Crippen molar-refractivity contribution >= 4 is 16.8 Å². The van der Waals surface area contributed by atoms with Crippen LogP contribution < -0.4 is 10.1 Å². The summed E-state index contributed by atoms with van der Waals surface area (Å²) in [5.74, 6) is 1.33. The van der Waals surface area contributed by atoms with Gasteiger partial charge in [0.1, 0.15) is 5.75 Å². The Morgan fingerprint density at radius 3 is 2.45 bits per heavy atom. The van der Waals surface area contributed by atoms with E-state index in [2.05, 4.69) is 27.4 Å². The molecule has 1 amide bonds. The Labute approximate surface area is 193 Å². The highest BCUT2D eigenvalue weighted by molar-refractivity contribution is 6.07. The number of methoxy groups -OCH3 is 1. The van der Waals surface area contributed by atoms with E-state index in [0.717, 1.165) is 29.5 Å². The minimum atomic E-state index is -0.0701. The van der Waals surface area contributed by atoms with Gasteiger partial charge in [0.05, 0.1) is 18.2 Å². The molecule has 0 spiro atoms. The van der Waals surface area contributed by atoms with Gasteiger partial charge in [-0.05, 0) is 42.7 Å². The molecule has 168 valence electrons. The average molecular weight is 441 g/mol. The Balaban J connectivity index is 1.44. The van der Waals surface area contributed by atoms with Gasteiger partial charge >= 0.3 is 0 Å². The topological polar surface area (TPSA) is 69.0 Å². The maximum atomic E-state index is 13.4. The zero-order valence-corrected chi connectivity index (χ0v) is 18.8. The van der Waals surface area contributed by atoms with E-state index in [0.29, 0.717) is 18.1 Å². The number of hydrogen-bond donors (Lipinski definition) is 1. The summed E-state index contributed by atoms with van der Waals surface area (Å²) in [6, 6.07) is 18.0. The predicted molar refractivity (Wildman–Crippen MR) is 129 cm³/mol. The molecule has 1 aliphatic carbocycles. The number of fused-ring (bicyclic) bond motifs is 1. The van der Waals surface area contributed by atoms with Crippen LogP contribution in [0.15, 0.2) is 73.2 Å². The van der Waals surface area contributed by atoms with Crippen LogP contribution in [-0.4, -0.2) is 34.1 Å². The van der Waals surface area contributed by atoms with Gasteiger partial charge in [-0.2, -0.15) is 0 Å². The zero-order valence-electron chi connectivity index (χ0n) is 18.8. The number of rotatable bonds is 6. The lowest BCUT2D eigenvalue weighted by atomic mass is 9.69. The number of amides is 1. The standard InChI is InChI=1S/C27H28N4O2/c1-33-21-12-10-20(11-13-21)27(14-5-2-6-15-27)19-30-25(32)23-18-31(26-28-16-7-17-29-26)24-9-4-3-8-22(23)24/h3-4,7-13,16-18H,2,5-6,14-15,19H2,1H3,(H,30,32). The molecule has 0 bridgehead atoms. The Kier molecular flexibility index (Phi) is 5.82. The van der Waals surface area contributed by atoms with E-state index < -0.39 is 0 Å². The fourth-order valence-corrected chi connectivity index (χ4v) is 5.03. The number of hydrogen-bond acceptors (Lipinski definition) is 4. The van der Waals surface area contributed by atoms with Gasteiger partial charge in [0.25, 0.3) is 5.91 Å². The van der Waals surface area contributed by atoms with Gasteiger partial charge in [-0.25, -0.2) is 9.97 Å². The third-order valence-electron chi connectivity index (χ3n) is 6.82. The SMILES string of the molecule is COc1ccc(C2(CNC(=O)c3cn(-c4ncccn4)c4ccccc34)CCCCC2)cc1. The first kappa shape index (κ1) is 21.2. The van der Waals surface area contributed by atoms with Crippen molar-refractivity contribution in [3.63, 3.8) is 0 Å². The highest BCUT2D eigenvalue weighted by atomic mass is 16.5. The molecule has 2 heterocycles. The number of nitrogens with one attached hydrogen (secondary N) is 1. The second-order valence-electron chi connectivity index (χ2n) is 8.73. The molecule has 33 heavy (non-hydrogen) atoms. The van der Waals surface area contributed by atoms with Crippen LogP contribution in [0, 0.1) is 0 Å². The van der Waals surface area contributed by atoms with Crippen molar-refractivity contribution in [3.05, 3.63) is 84.3 Å². The van der Waals surface area contributed by atoms with Crippen LogP contribution in [0.4, 0.5) is 0 Å². The molecule has 0 aliphatic heterocycles. The van der Waals surface area contributed by atoms with E-state index in [1.54, 1.807) is 25.6 Å². The Morgan fingerprint density at radius 1 is 1.00 bits per heavy atom. The average Bonchev–Trinajstić information content (AvgIpc) is 3.28. The summed E-state index contributed by atoms with van der Waals surface area (Å²) in [5.41, 5.74) is 2.76. The van der Waals surface area contributed by atoms with Crippen LogP contribution in [0.3, 0.4) is 0 Å². The van der Waals surface area contributed by atoms with Gasteiger partial charge in [-0.1, -0.05) is 49.6 Å². The van der Waals surface area contributed by atoms with E-state index in [4.69, 9.17) is 4.74 Å². The van der Waals surface area contributed by atoms with Crippen molar-refractivity contribution in [2.75, 3.05) is 13.7 Å². The number of carbonyl (C=O) groups excluding carboxylic acids is 1. The fraction of sp³-hybridized carbons (Fsp3) is 0.296. The van der Waals surface area contributed by atoms with Gasteiger partial charge < -0.3 is 10.1 Å². The highest BCUT2D eigenvalue weighted by Crippen LogP contribution is 2.39. The molecular formula is C27H28N4O2. The summed E-state index contributed by atoms with van der Waals surface area (Å²) in [6.45, 7) is 0.611. The van der Waals surface area contributed by atoms with E-state index >= 15 is 0 Å². The molecular weight excluding hydrogens is 412 g/mol. The maximum Gasteiger partial charge on any atom is 0.253 e. The van der Waals surface area contributed by atoms with Gasteiger partial charge in [0.2, 0.25) is 5.95 Å². The second-order valence-corrected chi connectivity index (χ2v) is 8.73. The van der Waals surface area contributed by atoms with E-state index in [-0.39, 0.29) is 11.3 Å². The second kappa shape index (κ2) is 9.06. The summed E-state index contributed by atoms with van der Waals surface area (Å²) in [5, 5.41) is 4.16. The quantitative estimate of drug-likeness (QED) is 0.455. The number of ether oxygens (including phenoxy) is 1. The molecule has 2 aromatic carbocycles. The Morgan fingerprint density at radius 2 is 1.73 bits per heavy atom. The molecule has 0 unspecified atom stereocenters. The van der Waals surface area contributed by atoms with Crippen molar-refractivity contribution < 1.29 is 9.53 Å². The molecule has 1 fully saturated rings. The number of nitrogens with zero attached hydrogens (tertiary/aromatic N) is 3. The zero-order chi connectivity index (χ0) is 22.7. The van der Waals surface area contributed by atoms with Crippen LogP contribution in [0.1, 0.15) is 48.0 Å². The first-order valence-electron chi connectivity index (χ1n) is 11.5. The highest BCUT2D eigenvalue weighted by Gasteiger charge is 2.34. The first-order valence-corrected chi connectivity index (χ1v) is 11.5. The maximum absolute atomic E-state index is 13.4. The number of para-hydroxylation sites is 1. The summed E-state index contributed by atoms with van der Waals surface area (Å²) in [7, 11) is 1.68. The molecule has 0 radical (unpaired) electrons. The Hall–Kier alpha value is -3.67. The normalized spacial score (nSPS) is 15.3. The molecule has 1 aliphatic rings. The number of benzene rings is 2. The lowest BCUT2D eigenvalue weighted by Crippen LogP contribution is -2.42. The molecule has 0 atom stereocenters. The molecule has 4 aromatic rings. The molecule has 1 N–H and O–H groups in total. The molecule has 0 saturated heterocycles. The third-order valence-corrected chi connectivity index (χ3v) is 6.82. The van der Waals surface area contributed by atoms with Crippen LogP contribution in [-0.2, 0) is 5.41 Å². The summed E-state index contributed by atoms with van der Waals surface area (Å²) in [4.78, 5) is 22.2. The van der Waals surface area contributed by atoms with Crippen LogP contribution in [0.2, 0.25) is 0 Å². The lowest BCUT2D eigenvalue weighted by molar-refractivity contribution is 0.0938. The van der Waals surface area contributed by atoms with Crippen molar-refractivity contribution in [3.8, 4) is 11.7 Å². The Bertz CT molecular complexity index is 1240. The van der Waals surface area contributed by atoms with Crippen molar-refractivity contribution in [2.45, 2.75) is 37.5 Å². The fourth-order valence-electron chi connectivity index (χ4n) is 5.03. The number of carbonyl (C=O) groups is 1. The molecule has 2 aromatic heterocycles. The van der Waals surface area contributed by atoms with Gasteiger partial charge in [0, 0.05) is 35.9 Å². The molecule has 5 rings (SSSR count). The minimum Gasteiger partial charge on any atom is -0.497 e. The van der Waals surface area contributed by atoms with E-state index in [1.165, 1.54) is 24.8 Å². The molecule has 1 saturated carbocycles. The monoisotopic (exact) mass is 440 g/mol. The summed E-state index contributed by atoms with van der Waals surface area (Å²) < 4.78 is 7.22. The number of aromatic nitrogens is 3. The van der Waals surface area contributed by atoms with Gasteiger partial charge in [-0.15, -0.1) is 0 Å². The largest absolute Gasteiger partial charge is 0.497 e. The van der Waals surface area contributed by atoms with Crippen molar-refractivity contribution in [2.24, 2.45) is 0 Å². The van der Waals surface area contributed by atoms with E-state index in [1.807, 2.05) is 47.2 Å². The van der Waals surface area contributed by atoms with Crippen LogP contribution in [0.5, 0.6) is 5.75 Å². The third kappa shape index (κ3) is 4.09. The van der Waals surface area contributed by atoms with Crippen molar-refractivity contribution in [1.29, 1.82) is 0 Å². The van der Waals surface area contributed by atoms with Crippen LogP contribution >= 0.6 is 0 Å². The first-order chi connectivity index (χ1) is 16.2. The smallest absolute Gasteiger partial charge is 0.253 e. The van der Waals surface area contributed by atoms with Crippen LogP contribution in [0.25, 0.3) is 16.9 Å². The van der Waals surface area contributed by atoms with Gasteiger partial charge in [-0.3, -0.25) is 9.36 Å². The van der Waals surface area contributed by atoms with Gasteiger partial charge in [0.15, 0.2) is 0 Å². The predicted octanol–water partition coefficient (Wildman–Crippen LogP) is 5.06. The summed E-state index contributed by atoms with van der Waals surface area (Å²) >= 11 is 0. The van der Waals surface area contributed by atoms with E-state index in [9.17, 15) is 4.79 Å². The van der Waals surface area contributed by atoms with Crippen molar-refractivity contribution in [1.82, 2.24) is 19.9 Å². The minimum absolute atomic E-state index is 0.0545.